The van der Waals surface area contributed by atoms with Gasteiger partial charge in [0.25, 0.3) is 5.91 Å². The molecule has 0 saturated heterocycles. The van der Waals surface area contributed by atoms with E-state index in [1.807, 2.05) is 30.5 Å². The summed E-state index contributed by atoms with van der Waals surface area (Å²) in [5.41, 5.74) is 4.75. The molecule has 1 atom stereocenters. The molecule has 2 aliphatic carbocycles. The molecule has 31 heavy (non-hydrogen) atoms. The molecule has 1 aromatic heterocycles. The van der Waals surface area contributed by atoms with Crippen LogP contribution in [0, 0.1) is 11.8 Å². The number of halogens is 1. The Balaban J connectivity index is 1.48. The summed E-state index contributed by atoms with van der Waals surface area (Å²) >= 11 is 6.02. The van der Waals surface area contributed by atoms with Gasteiger partial charge >= 0.3 is 0 Å². The van der Waals surface area contributed by atoms with Crippen LogP contribution in [0.25, 0.3) is 11.6 Å². The molecule has 5 heteroatoms. The summed E-state index contributed by atoms with van der Waals surface area (Å²) in [4.78, 5) is 17.1. The monoisotopic (exact) mass is 437 g/mol. The summed E-state index contributed by atoms with van der Waals surface area (Å²) in [5, 5.41) is 8.26. The number of fused-ring (bicyclic) bond motifs is 1. The predicted molar refractivity (Wildman–Crippen MR) is 129 cm³/mol. The molecule has 1 fully saturated rings. The number of carbonyl (C=O) groups excluding carboxylic acids is 1. The minimum Gasteiger partial charge on any atom is -0.272 e. The van der Waals surface area contributed by atoms with Gasteiger partial charge in [-0.15, -0.1) is 0 Å². The van der Waals surface area contributed by atoms with Gasteiger partial charge in [-0.1, -0.05) is 62.8 Å². The zero-order valence-electron chi connectivity index (χ0n) is 18.4. The molecule has 0 radical (unpaired) electrons. The molecule has 4 nitrogen and oxygen atoms in total. The van der Waals surface area contributed by atoms with Crippen LogP contribution in [0.4, 0.5) is 0 Å². The van der Waals surface area contributed by atoms with Crippen molar-refractivity contribution in [1.82, 2.24) is 10.2 Å². The third-order valence-corrected chi connectivity index (χ3v) is 7.11. The zero-order valence-corrected chi connectivity index (χ0v) is 19.1. The minimum absolute atomic E-state index is 0.197. The molecule has 1 heterocycles. The van der Waals surface area contributed by atoms with Crippen molar-refractivity contribution in [3.63, 3.8) is 0 Å². The summed E-state index contributed by atoms with van der Waals surface area (Å²) < 4.78 is 0. The van der Waals surface area contributed by atoms with E-state index in [-0.39, 0.29) is 5.91 Å². The number of allylic oxidation sites excluding steroid dienone is 1. The minimum atomic E-state index is -0.197. The van der Waals surface area contributed by atoms with Crippen molar-refractivity contribution in [1.29, 1.82) is 0 Å². The van der Waals surface area contributed by atoms with Crippen LogP contribution in [0.5, 0.6) is 0 Å². The first kappa shape index (κ1) is 22.0. The molecule has 4 rings (SSSR count). The third kappa shape index (κ3) is 5.54. The highest BCUT2D eigenvalue weighted by Gasteiger charge is 2.23. The molecular weight excluding hydrogens is 406 g/mol. The fourth-order valence-corrected chi connectivity index (χ4v) is 5.08. The highest BCUT2D eigenvalue weighted by molar-refractivity contribution is 6.30. The van der Waals surface area contributed by atoms with Gasteiger partial charge in [0, 0.05) is 16.8 Å². The van der Waals surface area contributed by atoms with Gasteiger partial charge in [-0.25, -0.2) is 4.99 Å². The lowest BCUT2D eigenvalue weighted by molar-refractivity contribution is 0.0997. The first-order valence-electron chi connectivity index (χ1n) is 11.7. The lowest BCUT2D eigenvalue weighted by atomic mass is 9.80. The van der Waals surface area contributed by atoms with E-state index in [1.54, 1.807) is 0 Å². The molecule has 1 saturated carbocycles. The molecule has 1 amide bonds. The molecule has 0 bridgehead atoms. The van der Waals surface area contributed by atoms with E-state index in [9.17, 15) is 4.79 Å². The fourth-order valence-electron chi connectivity index (χ4n) is 4.95. The van der Waals surface area contributed by atoms with Gasteiger partial charge in [-0.05, 0) is 73.3 Å². The Kier molecular flexibility index (Phi) is 7.39. The van der Waals surface area contributed by atoms with Crippen molar-refractivity contribution in [3.05, 3.63) is 51.8 Å². The Morgan fingerprint density at radius 1 is 1.16 bits per heavy atom. The van der Waals surface area contributed by atoms with Crippen molar-refractivity contribution in [2.24, 2.45) is 16.8 Å². The van der Waals surface area contributed by atoms with Crippen molar-refractivity contribution < 1.29 is 4.79 Å². The second-order valence-electron chi connectivity index (χ2n) is 9.08. The third-order valence-electron chi connectivity index (χ3n) is 6.86. The van der Waals surface area contributed by atoms with Gasteiger partial charge in [0.1, 0.15) is 5.69 Å². The number of aliphatic imine (C=N–C) groups is 1. The van der Waals surface area contributed by atoms with E-state index in [0.717, 1.165) is 59.9 Å². The number of benzene rings is 1. The van der Waals surface area contributed by atoms with Gasteiger partial charge < -0.3 is 0 Å². The molecule has 1 aromatic carbocycles. The van der Waals surface area contributed by atoms with Crippen LogP contribution in [-0.4, -0.2) is 22.3 Å². The van der Waals surface area contributed by atoms with Crippen molar-refractivity contribution in [3.8, 4) is 0 Å². The molecule has 164 valence electrons. The first-order valence-corrected chi connectivity index (χ1v) is 12.1. The van der Waals surface area contributed by atoms with E-state index in [1.165, 1.54) is 37.7 Å². The SMILES string of the molecule is C[C@H](CC=NC(=O)c1[nH]nc2c1CCCC/C2=C\c1ccc(Cl)cc1)C1CCCCC1. The number of amides is 1. The maximum Gasteiger partial charge on any atom is 0.294 e. The molecule has 1 N–H and O–H groups in total. The largest absolute Gasteiger partial charge is 0.294 e. The number of hydrogen-bond acceptors (Lipinski definition) is 2. The molecular formula is C26H32ClN3O. The molecule has 0 spiro atoms. The van der Waals surface area contributed by atoms with E-state index in [2.05, 4.69) is 28.2 Å². The standard InChI is InChI=1S/C26H32ClN3O/c1-18(20-7-3-2-4-8-20)15-16-28-26(31)25-23-10-6-5-9-21(24(23)29-30-25)17-19-11-13-22(27)14-12-19/h11-14,16-18,20H,2-10,15H2,1H3,(H,29,30)/b21-17+,28-16?/t18-/m1/s1. The number of carbonyl (C=O) groups is 1. The van der Waals surface area contributed by atoms with Crippen LogP contribution in [0.15, 0.2) is 29.3 Å². The number of hydrogen-bond donors (Lipinski definition) is 1. The summed E-state index contributed by atoms with van der Waals surface area (Å²) in [7, 11) is 0. The Bertz CT molecular complexity index is 952. The van der Waals surface area contributed by atoms with Crippen LogP contribution >= 0.6 is 11.6 Å². The second kappa shape index (κ2) is 10.4. The second-order valence-corrected chi connectivity index (χ2v) is 9.52. The number of H-pyrrole nitrogens is 1. The van der Waals surface area contributed by atoms with Gasteiger partial charge in [0.05, 0.1) is 5.69 Å². The topological polar surface area (TPSA) is 58.1 Å². The Morgan fingerprint density at radius 3 is 2.68 bits per heavy atom. The summed E-state index contributed by atoms with van der Waals surface area (Å²) in [6, 6.07) is 7.81. The van der Waals surface area contributed by atoms with Gasteiger partial charge in [-0.2, -0.15) is 5.10 Å². The van der Waals surface area contributed by atoms with Crippen LogP contribution in [0.3, 0.4) is 0 Å². The first-order chi connectivity index (χ1) is 15.1. The van der Waals surface area contributed by atoms with Crippen LogP contribution < -0.4 is 0 Å². The Morgan fingerprint density at radius 2 is 1.90 bits per heavy atom. The quantitative estimate of drug-likeness (QED) is 0.398. The highest BCUT2D eigenvalue weighted by atomic mass is 35.5. The van der Waals surface area contributed by atoms with E-state index in [0.29, 0.717) is 11.6 Å². The van der Waals surface area contributed by atoms with Gasteiger partial charge in [0.15, 0.2) is 0 Å². The van der Waals surface area contributed by atoms with Crippen molar-refractivity contribution in [2.75, 3.05) is 0 Å². The van der Waals surface area contributed by atoms with Gasteiger partial charge in [-0.3, -0.25) is 9.89 Å². The van der Waals surface area contributed by atoms with Crippen LogP contribution in [0.2, 0.25) is 5.02 Å². The Labute approximate surface area is 190 Å². The van der Waals surface area contributed by atoms with E-state index >= 15 is 0 Å². The number of nitrogens with one attached hydrogen (secondary N) is 1. The van der Waals surface area contributed by atoms with Crippen molar-refractivity contribution >= 4 is 35.4 Å². The lowest BCUT2D eigenvalue weighted by Crippen LogP contribution is -2.15. The van der Waals surface area contributed by atoms with E-state index in [4.69, 9.17) is 11.6 Å². The Hall–Kier alpha value is -2.20. The maximum atomic E-state index is 12.8. The number of aromatic amines is 1. The average molecular weight is 438 g/mol. The molecule has 0 unspecified atom stereocenters. The normalized spacial score (nSPS) is 20.0. The number of rotatable bonds is 5. The highest BCUT2D eigenvalue weighted by Crippen LogP contribution is 2.33. The number of aromatic nitrogens is 2. The molecule has 0 aliphatic heterocycles. The smallest absolute Gasteiger partial charge is 0.272 e. The van der Waals surface area contributed by atoms with E-state index < -0.39 is 0 Å². The lowest BCUT2D eigenvalue weighted by Gasteiger charge is -2.26. The predicted octanol–water partition coefficient (Wildman–Crippen LogP) is 7.15. The zero-order chi connectivity index (χ0) is 21.6. The summed E-state index contributed by atoms with van der Waals surface area (Å²) in [5.74, 6) is 1.17. The summed E-state index contributed by atoms with van der Waals surface area (Å²) in [6.07, 6.45) is 15.5. The fraction of sp³-hybridized carbons (Fsp3) is 0.500. The van der Waals surface area contributed by atoms with Gasteiger partial charge in [0.2, 0.25) is 0 Å². The summed E-state index contributed by atoms with van der Waals surface area (Å²) in [6.45, 7) is 2.29. The van der Waals surface area contributed by atoms with Crippen LogP contribution in [-0.2, 0) is 6.42 Å². The maximum absolute atomic E-state index is 12.8. The molecule has 2 aromatic rings. The number of nitrogens with zero attached hydrogens (tertiary/aromatic N) is 2. The van der Waals surface area contributed by atoms with Crippen LogP contribution in [0.1, 0.15) is 92.0 Å². The average Bonchev–Trinajstić information content (AvgIpc) is 3.12. The molecule has 2 aliphatic rings. The van der Waals surface area contributed by atoms with Crippen molar-refractivity contribution in [2.45, 2.75) is 71.1 Å².